The maximum atomic E-state index is 12.0. The predicted molar refractivity (Wildman–Crippen MR) is 123 cm³/mol. The highest BCUT2D eigenvalue weighted by Gasteiger charge is 2.15. The molecule has 1 amide bonds. The van der Waals surface area contributed by atoms with Crippen LogP contribution in [0.15, 0.2) is 60.3 Å². The largest absolute Gasteiger partial charge is 0.458 e. The van der Waals surface area contributed by atoms with E-state index in [0.717, 1.165) is 22.4 Å². The van der Waals surface area contributed by atoms with Crippen molar-refractivity contribution in [3.63, 3.8) is 0 Å². The zero-order valence-corrected chi connectivity index (χ0v) is 19.0. The molecule has 0 aliphatic rings. The number of hydrogen-bond donors (Lipinski definition) is 2. The summed E-state index contributed by atoms with van der Waals surface area (Å²) in [6.45, 7) is 10.1. The Labute approximate surface area is 184 Å². The van der Waals surface area contributed by atoms with Gasteiger partial charge in [0.2, 0.25) is 0 Å². The average Bonchev–Trinajstić information content (AvgIpc) is 2.68. The van der Waals surface area contributed by atoms with Crippen LogP contribution in [0.2, 0.25) is 0 Å². The van der Waals surface area contributed by atoms with Crippen molar-refractivity contribution in [3.05, 3.63) is 77.0 Å². The number of rotatable bonds is 8. The molecule has 0 aliphatic carbocycles. The Kier molecular flexibility index (Phi) is 8.67. The number of benzene rings is 2. The molecule has 31 heavy (non-hydrogen) atoms. The predicted octanol–water partition coefficient (Wildman–Crippen LogP) is 5.12. The first-order chi connectivity index (χ1) is 14.6. The number of nitrogens with one attached hydrogen (secondary N) is 2. The van der Waals surface area contributed by atoms with Crippen LogP contribution in [0.25, 0.3) is 0 Å². The van der Waals surface area contributed by atoms with E-state index in [1.807, 2.05) is 77.1 Å². The zero-order valence-electron chi connectivity index (χ0n) is 19.0. The summed E-state index contributed by atoms with van der Waals surface area (Å²) >= 11 is 0. The van der Waals surface area contributed by atoms with Crippen molar-refractivity contribution in [1.82, 2.24) is 5.32 Å². The fraction of sp³-hybridized carbons (Fsp3) is 0.360. The van der Waals surface area contributed by atoms with Crippen LogP contribution in [0.1, 0.15) is 44.4 Å². The van der Waals surface area contributed by atoms with Crippen LogP contribution >= 0.6 is 0 Å². The summed E-state index contributed by atoms with van der Waals surface area (Å²) in [5.74, 6) is -0.392. The van der Waals surface area contributed by atoms with E-state index in [-0.39, 0.29) is 6.61 Å². The van der Waals surface area contributed by atoms with E-state index in [0.29, 0.717) is 18.7 Å². The Morgan fingerprint density at radius 3 is 2.39 bits per heavy atom. The fourth-order valence-electron chi connectivity index (χ4n) is 2.84. The molecule has 166 valence electrons. The number of anilines is 1. The number of allylic oxidation sites excluding steroid dienone is 1. The van der Waals surface area contributed by atoms with Crippen molar-refractivity contribution in [2.24, 2.45) is 0 Å². The Bertz CT molecular complexity index is 915. The van der Waals surface area contributed by atoms with E-state index in [4.69, 9.17) is 9.47 Å². The van der Waals surface area contributed by atoms with Gasteiger partial charge in [0.05, 0.1) is 0 Å². The smallest absolute Gasteiger partial charge is 0.407 e. The molecule has 0 saturated carbocycles. The molecule has 0 saturated heterocycles. The van der Waals surface area contributed by atoms with Gasteiger partial charge < -0.3 is 20.1 Å². The monoisotopic (exact) mass is 424 g/mol. The number of hydrogen-bond acceptors (Lipinski definition) is 5. The van der Waals surface area contributed by atoms with Crippen LogP contribution in [-0.2, 0) is 27.3 Å². The number of aryl methyl sites for hydroxylation is 1. The summed E-state index contributed by atoms with van der Waals surface area (Å²) in [6.07, 6.45) is 1.73. The third kappa shape index (κ3) is 9.38. The van der Waals surface area contributed by atoms with E-state index in [9.17, 15) is 9.59 Å². The minimum absolute atomic E-state index is 0.245. The first-order valence-corrected chi connectivity index (χ1v) is 10.3. The molecule has 0 heterocycles. The summed E-state index contributed by atoms with van der Waals surface area (Å²) in [5.41, 5.74) is 4.19. The van der Waals surface area contributed by atoms with Crippen molar-refractivity contribution in [1.29, 1.82) is 0 Å². The summed E-state index contributed by atoms with van der Waals surface area (Å²) in [4.78, 5) is 23.8. The molecule has 0 atom stereocenters. The molecule has 0 unspecified atom stereocenters. The van der Waals surface area contributed by atoms with Crippen molar-refractivity contribution < 1.29 is 19.1 Å². The van der Waals surface area contributed by atoms with Gasteiger partial charge in [-0.25, -0.2) is 9.59 Å². The number of esters is 1. The number of amides is 1. The highest BCUT2D eigenvalue weighted by atomic mass is 16.6. The number of ether oxygens (including phenoxy) is 2. The van der Waals surface area contributed by atoms with E-state index in [1.54, 1.807) is 0 Å². The Hall–Kier alpha value is -3.28. The topological polar surface area (TPSA) is 76.7 Å². The standard InChI is InChI=1S/C25H32N2O4/c1-18-15-20(13-14-26-24(29)31-25(3,4)5)11-12-22(18)27-19(2)16-23(28)30-17-21-9-7-6-8-10-21/h6-12,15-16,27H,13-14,17H2,1-5H3,(H,26,29)/b19-16+. The van der Waals surface area contributed by atoms with Crippen LogP contribution in [-0.4, -0.2) is 24.2 Å². The van der Waals surface area contributed by atoms with Gasteiger partial charge in [-0.2, -0.15) is 0 Å². The Balaban J connectivity index is 1.83. The molecule has 0 radical (unpaired) electrons. The molecule has 0 fully saturated rings. The van der Waals surface area contributed by atoms with Gasteiger partial charge in [-0.3, -0.25) is 0 Å². The van der Waals surface area contributed by atoms with Gasteiger partial charge in [-0.1, -0.05) is 42.5 Å². The molecule has 6 heteroatoms. The lowest BCUT2D eigenvalue weighted by Gasteiger charge is -2.19. The number of carbonyl (C=O) groups is 2. The molecule has 2 aromatic rings. The molecule has 0 bridgehead atoms. The molecule has 2 rings (SSSR count). The molecule has 2 N–H and O–H groups in total. The summed E-state index contributed by atoms with van der Waals surface area (Å²) in [5, 5.41) is 6.00. The number of carbonyl (C=O) groups excluding carboxylic acids is 2. The van der Waals surface area contributed by atoms with Crippen LogP contribution in [0.4, 0.5) is 10.5 Å². The lowest BCUT2D eigenvalue weighted by atomic mass is 10.1. The molecular weight excluding hydrogens is 392 g/mol. The number of alkyl carbamates (subject to hydrolysis) is 1. The fourth-order valence-corrected chi connectivity index (χ4v) is 2.84. The first kappa shape index (κ1) is 24.0. The first-order valence-electron chi connectivity index (χ1n) is 10.3. The molecule has 6 nitrogen and oxygen atoms in total. The van der Waals surface area contributed by atoms with Gasteiger partial charge >= 0.3 is 12.1 Å². The quantitative estimate of drug-likeness (QED) is 0.454. The van der Waals surface area contributed by atoms with Gasteiger partial charge in [0.25, 0.3) is 0 Å². The molecular formula is C25H32N2O4. The van der Waals surface area contributed by atoms with Crippen LogP contribution in [0.5, 0.6) is 0 Å². The highest BCUT2D eigenvalue weighted by Crippen LogP contribution is 2.19. The average molecular weight is 425 g/mol. The maximum absolute atomic E-state index is 12.0. The summed E-state index contributed by atoms with van der Waals surface area (Å²) in [6, 6.07) is 15.6. The normalized spacial score (nSPS) is 11.6. The summed E-state index contributed by atoms with van der Waals surface area (Å²) < 4.78 is 10.5. The lowest BCUT2D eigenvalue weighted by Crippen LogP contribution is -2.33. The second-order valence-electron chi connectivity index (χ2n) is 8.37. The summed E-state index contributed by atoms with van der Waals surface area (Å²) in [7, 11) is 0. The molecule has 0 spiro atoms. The van der Waals surface area contributed by atoms with E-state index in [2.05, 4.69) is 16.7 Å². The molecule has 0 aromatic heterocycles. The van der Waals surface area contributed by atoms with E-state index in [1.165, 1.54) is 6.08 Å². The van der Waals surface area contributed by atoms with Crippen molar-refractivity contribution in [2.45, 2.75) is 53.2 Å². The van der Waals surface area contributed by atoms with Gasteiger partial charge in [-0.15, -0.1) is 0 Å². The van der Waals surface area contributed by atoms with Crippen molar-refractivity contribution >= 4 is 17.7 Å². The van der Waals surface area contributed by atoms with E-state index < -0.39 is 17.7 Å². The van der Waals surface area contributed by atoms with Crippen molar-refractivity contribution in [3.8, 4) is 0 Å². The van der Waals surface area contributed by atoms with Crippen LogP contribution in [0, 0.1) is 6.92 Å². The second kappa shape index (κ2) is 11.2. The van der Waals surface area contributed by atoms with Crippen LogP contribution in [0.3, 0.4) is 0 Å². The third-order valence-corrected chi connectivity index (χ3v) is 4.26. The van der Waals surface area contributed by atoms with E-state index >= 15 is 0 Å². The lowest BCUT2D eigenvalue weighted by molar-refractivity contribution is -0.139. The Morgan fingerprint density at radius 2 is 1.74 bits per heavy atom. The SMILES string of the molecule is C/C(=C\C(=O)OCc1ccccc1)Nc1ccc(CCNC(=O)OC(C)(C)C)cc1C. The highest BCUT2D eigenvalue weighted by molar-refractivity contribution is 5.83. The van der Waals surface area contributed by atoms with Crippen LogP contribution < -0.4 is 10.6 Å². The van der Waals surface area contributed by atoms with Gasteiger partial charge in [0.1, 0.15) is 12.2 Å². The van der Waals surface area contributed by atoms with Gasteiger partial charge in [-0.05, 0) is 63.8 Å². The molecule has 0 aliphatic heterocycles. The van der Waals surface area contributed by atoms with Gasteiger partial charge in [0, 0.05) is 24.0 Å². The second-order valence-corrected chi connectivity index (χ2v) is 8.37. The third-order valence-electron chi connectivity index (χ3n) is 4.26. The minimum Gasteiger partial charge on any atom is -0.458 e. The van der Waals surface area contributed by atoms with Gasteiger partial charge in [0.15, 0.2) is 0 Å². The van der Waals surface area contributed by atoms with Crippen molar-refractivity contribution in [2.75, 3.05) is 11.9 Å². The zero-order chi connectivity index (χ0) is 22.9. The molecule has 2 aromatic carbocycles. The Morgan fingerprint density at radius 1 is 1.03 bits per heavy atom. The minimum atomic E-state index is -0.507. The maximum Gasteiger partial charge on any atom is 0.407 e.